The minimum absolute atomic E-state index is 0.0273. The number of phenols is 1. The van der Waals surface area contributed by atoms with Crippen molar-refractivity contribution in [3.8, 4) is 11.5 Å². The molecule has 2 aromatic carbocycles. The van der Waals surface area contributed by atoms with Gasteiger partial charge in [0.25, 0.3) is 5.91 Å². The Morgan fingerprint density at radius 2 is 2.10 bits per heavy atom. The van der Waals surface area contributed by atoms with Crippen molar-refractivity contribution in [3.05, 3.63) is 74.8 Å². The van der Waals surface area contributed by atoms with Crippen LogP contribution >= 0.6 is 11.3 Å². The molecule has 3 heterocycles. The first-order valence-electron chi connectivity index (χ1n) is 9.31. The molecular formula is C21H14FN3O5S. The van der Waals surface area contributed by atoms with Crippen molar-refractivity contribution in [1.82, 2.24) is 10.2 Å². The van der Waals surface area contributed by atoms with Gasteiger partial charge in [-0.25, -0.2) is 4.39 Å². The number of hydrogen-bond donors (Lipinski definition) is 1. The zero-order chi connectivity index (χ0) is 21.7. The molecule has 1 aliphatic rings. The SMILES string of the molecule is CCOc1cc(C2c3c(oc4ccc(F)cc4c3=O)C(=O)N2c2nncs2)ccc1O. The summed E-state index contributed by atoms with van der Waals surface area (Å²) in [4.78, 5) is 28.0. The van der Waals surface area contributed by atoms with Gasteiger partial charge in [-0.2, -0.15) is 0 Å². The fraction of sp³-hybridized carbons (Fsp3) is 0.143. The molecule has 2 aromatic heterocycles. The number of fused-ring (bicyclic) bond motifs is 2. The summed E-state index contributed by atoms with van der Waals surface area (Å²) in [7, 11) is 0. The molecule has 1 aliphatic heterocycles. The third-order valence-corrected chi connectivity index (χ3v) is 5.68. The summed E-state index contributed by atoms with van der Waals surface area (Å²) in [5.74, 6) is -1.18. The van der Waals surface area contributed by atoms with E-state index in [-0.39, 0.29) is 38.9 Å². The number of phenolic OH excluding ortho intramolecular Hbond substituents is 1. The average Bonchev–Trinajstić information content (AvgIpc) is 3.37. The summed E-state index contributed by atoms with van der Waals surface area (Å²) in [5.41, 5.74) is 1.61. The smallest absolute Gasteiger partial charge is 0.297 e. The minimum Gasteiger partial charge on any atom is -0.504 e. The van der Waals surface area contributed by atoms with Gasteiger partial charge in [-0.15, -0.1) is 10.2 Å². The van der Waals surface area contributed by atoms with Gasteiger partial charge in [0.1, 0.15) is 16.9 Å². The van der Waals surface area contributed by atoms with Gasteiger partial charge in [-0.05, 0) is 42.8 Å². The van der Waals surface area contributed by atoms with Crippen LogP contribution in [0, 0.1) is 5.82 Å². The van der Waals surface area contributed by atoms with E-state index in [1.54, 1.807) is 19.1 Å². The fourth-order valence-corrected chi connectivity index (χ4v) is 4.29. The lowest BCUT2D eigenvalue weighted by Gasteiger charge is -2.22. The number of hydrogen-bond acceptors (Lipinski definition) is 8. The summed E-state index contributed by atoms with van der Waals surface area (Å²) in [5, 5.41) is 18.2. The number of ether oxygens (including phenoxy) is 1. The van der Waals surface area contributed by atoms with Crippen LogP contribution in [0.15, 0.2) is 51.1 Å². The zero-order valence-electron chi connectivity index (χ0n) is 16.0. The number of rotatable bonds is 4. The van der Waals surface area contributed by atoms with E-state index in [0.29, 0.717) is 12.2 Å². The Morgan fingerprint density at radius 3 is 2.84 bits per heavy atom. The van der Waals surface area contributed by atoms with E-state index >= 15 is 0 Å². The molecule has 31 heavy (non-hydrogen) atoms. The molecule has 5 rings (SSSR count). The molecule has 0 saturated carbocycles. The summed E-state index contributed by atoms with van der Waals surface area (Å²) < 4.78 is 25.0. The quantitative estimate of drug-likeness (QED) is 0.517. The van der Waals surface area contributed by atoms with Crippen molar-refractivity contribution in [2.75, 3.05) is 11.5 Å². The summed E-state index contributed by atoms with van der Waals surface area (Å²) >= 11 is 1.12. The van der Waals surface area contributed by atoms with Crippen LogP contribution in [-0.2, 0) is 0 Å². The molecular weight excluding hydrogens is 425 g/mol. The number of benzene rings is 2. The first-order chi connectivity index (χ1) is 15.0. The Balaban J connectivity index is 1.80. The molecule has 4 aromatic rings. The Kier molecular flexibility index (Phi) is 4.44. The summed E-state index contributed by atoms with van der Waals surface area (Å²) in [6.45, 7) is 2.08. The standard InChI is InChI=1S/C21H14FN3O5S/c1-2-29-15-7-10(3-5-13(15)26)17-16-18(27)12-8-11(22)4-6-14(12)30-19(16)20(28)25(17)21-24-23-9-31-21/h3-9,17,26H,2H2,1H3. The van der Waals surface area contributed by atoms with E-state index in [2.05, 4.69) is 10.2 Å². The van der Waals surface area contributed by atoms with E-state index in [1.807, 2.05) is 0 Å². The Labute approximate surface area is 178 Å². The van der Waals surface area contributed by atoms with E-state index in [1.165, 1.54) is 22.5 Å². The third kappa shape index (κ3) is 2.95. The number of nitrogens with zero attached hydrogens (tertiary/aromatic N) is 3. The van der Waals surface area contributed by atoms with Crippen LogP contribution in [0.25, 0.3) is 11.0 Å². The molecule has 10 heteroatoms. The van der Waals surface area contributed by atoms with Crippen LogP contribution in [0.5, 0.6) is 11.5 Å². The number of carbonyl (C=O) groups excluding carboxylic acids is 1. The third-order valence-electron chi connectivity index (χ3n) is 4.99. The second-order valence-corrected chi connectivity index (χ2v) is 7.59. The molecule has 0 spiro atoms. The van der Waals surface area contributed by atoms with Gasteiger partial charge in [0.15, 0.2) is 16.9 Å². The molecule has 0 bridgehead atoms. The predicted molar refractivity (Wildman–Crippen MR) is 110 cm³/mol. The molecule has 1 unspecified atom stereocenters. The largest absolute Gasteiger partial charge is 0.504 e. The number of aromatic nitrogens is 2. The number of carbonyl (C=O) groups is 1. The average molecular weight is 439 g/mol. The lowest BCUT2D eigenvalue weighted by atomic mass is 9.98. The van der Waals surface area contributed by atoms with Gasteiger partial charge in [-0.3, -0.25) is 14.5 Å². The van der Waals surface area contributed by atoms with E-state index in [4.69, 9.17) is 9.15 Å². The van der Waals surface area contributed by atoms with E-state index in [9.17, 15) is 19.1 Å². The molecule has 0 saturated heterocycles. The first kappa shape index (κ1) is 19.2. The van der Waals surface area contributed by atoms with Gasteiger partial charge in [-0.1, -0.05) is 17.4 Å². The highest BCUT2D eigenvalue weighted by Crippen LogP contribution is 2.43. The van der Waals surface area contributed by atoms with Gasteiger partial charge in [0.2, 0.25) is 10.9 Å². The maximum atomic E-state index is 13.8. The molecule has 1 atom stereocenters. The van der Waals surface area contributed by atoms with Crippen LogP contribution in [0.1, 0.15) is 34.6 Å². The van der Waals surface area contributed by atoms with E-state index in [0.717, 1.165) is 23.5 Å². The van der Waals surface area contributed by atoms with Gasteiger partial charge < -0.3 is 14.3 Å². The molecule has 1 amide bonds. The van der Waals surface area contributed by atoms with Gasteiger partial charge in [0, 0.05) is 0 Å². The zero-order valence-corrected chi connectivity index (χ0v) is 16.9. The first-order valence-corrected chi connectivity index (χ1v) is 10.2. The Morgan fingerprint density at radius 1 is 1.26 bits per heavy atom. The topological polar surface area (TPSA) is 106 Å². The van der Waals surface area contributed by atoms with Crippen LogP contribution < -0.4 is 15.1 Å². The van der Waals surface area contributed by atoms with Gasteiger partial charge in [0.05, 0.1) is 23.6 Å². The van der Waals surface area contributed by atoms with Crippen LogP contribution in [0.2, 0.25) is 0 Å². The molecule has 156 valence electrons. The number of anilines is 1. The second-order valence-electron chi connectivity index (χ2n) is 6.77. The maximum absolute atomic E-state index is 13.8. The van der Waals surface area contributed by atoms with E-state index < -0.39 is 23.2 Å². The van der Waals surface area contributed by atoms with Crippen LogP contribution in [-0.4, -0.2) is 27.8 Å². The van der Waals surface area contributed by atoms with Crippen molar-refractivity contribution in [3.63, 3.8) is 0 Å². The lowest BCUT2D eigenvalue weighted by Crippen LogP contribution is -2.29. The minimum atomic E-state index is -0.917. The van der Waals surface area contributed by atoms with Crippen molar-refractivity contribution < 1.29 is 23.4 Å². The highest BCUT2D eigenvalue weighted by Gasteiger charge is 2.45. The molecule has 0 radical (unpaired) electrons. The Bertz CT molecular complexity index is 1390. The van der Waals surface area contributed by atoms with Crippen molar-refractivity contribution >= 4 is 33.3 Å². The highest BCUT2D eigenvalue weighted by atomic mass is 32.1. The maximum Gasteiger partial charge on any atom is 0.297 e. The van der Waals surface area contributed by atoms with Crippen molar-refractivity contribution in [2.24, 2.45) is 0 Å². The number of amides is 1. The Hall–Kier alpha value is -3.79. The monoisotopic (exact) mass is 439 g/mol. The highest BCUT2D eigenvalue weighted by molar-refractivity contribution is 7.13. The van der Waals surface area contributed by atoms with Crippen LogP contribution in [0.3, 0.4) is 0 Å². The second kappa shape index (κ2) is 7.17. The summed E-state index contributed by atoms with van der Waals surface area (Å²) in [6.07, 6.45) is 0. The normalized spacial score (nSPS) is 15.5. The molecule has 0 fully saturated rings. The predicted octanol–water partition coefficient (Wildman–Crippen LogP) is 3.64. The van der Waals surface area contributed by atoms with Crippen molar-refractivity contribution in [2.45, 2.75) is 13.0 Å². The number of halogens is 1. The molecule has 1 N–H and O–H groups in total. The summed E-state index contributed by atoms with van der Waals surface area (Å²) in [6, 6.07) is 7.19. The number of aromatic hydroxyl groups is 1. The van der Waals surface area contributed by atoms with Crippen molar-refractivity contribution in [1.29, 1.82) is 0 Å². The van der Waals surface area contributed by atoms with Gasteiger partial charge >= 0.3 is 0 Å². The fourth-order valence-electron chi connectivity index (χ4n) is 3.70. The van der Waals surface area contributed by atoms with Crippen LogP contribution in [0.4, 0.5) is 9.52 Å². The lowest BCUT2D eigenvalue weighted by molar-refractivity contribution is 0.0970. The molecule has 0 aliphatic carbocycles. The molecule has 8 nitrogen and oxygen atoms in total.